The first-order valence-electron chi connectivity index (χ1n) is 7.43. The van der Waals surface area contributed by atoms with Crippen LogP contribution in [0.2, 0.25) is 0 Å². The zero-order valence-corrected chi connectivity index (χ0v) is 13.9. The van der Waals surface area contributed by atoms with Gasteiger partial charge in [0.2, 0.25) is 0 Å². The summed E-state index contributed by atoms with van der Waals surface area (Å²) in [5.74, 6) is -1.83. The number of thiazole rings is 1. The van der Waals surface area contributed by atoms with Gasteiger partial charge in [0, 0.05) is 23.5 Å². The normalized spacial score (nSPS) is 11.2. The molecule has 1 aromatic heterocycles. The van der Waals surface area contributed by atoms with Crippen molar-refractivity contribution in [1.82, 2.24) is 9.88 Å². The van der Waals surface area contributed by atoms with Crippen molar-refractivity contribution in [2.75, 3.05) is 7.05 Å². The summed E-state index contributed by atoms with van der Waals surface area (Å²) >= 11 is 1.09. The molecule has 2 aromatic carbocycles. The predicted molar refractivity (Wildman–Crippen MR) is 91.9 cm³/mol. The molecule has 1 N–H and O–H groups in total. The Bertz CT molecular complexity index is 890. The van der Waals surface area contributed by atoms with E-state index in [2.05, 4.69) is 9.88 Å². The number of nitrogens with zero attached hydrogens (tertiary/aromatic N) is 1. The summed E-state index contributed by atoms with van der Waals surface area (Å²) in [6.07, 6.45) is 0. The van der Waals surface area contributed by atoms with Crippen molar-refractivity contribution >= 4 is 11.3 Å². The van der Waals surface area contributed by atoms with E-state index in [0.717, 1.165) is 40.5 Å². The molecule has 0 aliphatic heterocycles. The van der Waals surface area contributed by atoms with Gasteiger partial charge in [0.05, 0.1) is 5.69 Å². The third kappa shape index (κ3) is 3.77. The maximum atomic E-state index is 13.5. The van der Waals surface area contributed by atoms with Gasteiger partial charge in [-0.15, -0.1) is 0 Å². The lowest BCUT2D eigenvalue weighted by molar-refractivity contribution is 0.322. The Morgan fingerprint density at radius 1 is 1.04 bits per heavy atom. The van der Waals surface area contributed by atoms with Gasteiger partial charge in [-0.25, -0.2) is 8.78 Å². The van der Waals surface area contributed by atoms with Gasteiger partial charge < -0.3 is 4.98 Å². The number of halogens is 2. The maximum absolute atomic E-state index is 13.5. The van der Waals surface area contributed by atoms with Crippen LogP contribution in [0.1, 0.15) is 10.4 Å². The standard InChI is InChI=1S/C18H16F2N2OS/c1-22(10-12-5-3-2-4-6-12)11-16-17(21-18(23)24-16)13-7-8-14(19)15(20)9-13/h2-9H,10-11H2,1H3,(H,21,23). The SMILES string of the molecule is CN(Cc1ccccc1)Cc1sc(=O)[nH]c1-c1ccc(F)c(F)c1. The van der Waals surface area contributed by atoms with Crippen LogP contribution >= 0.6 is 11.3 Å². The first kappa shape index (κ1) is 16.5. The molecule has 0 aliphatic rings. The van der Waals surface area contributed by atoms with Gasteiger partial charge in [-0.1, -0.05) is 41.7 Å². The molecule has 0 fully saturated rings. The number of aromatic nitrogens is 1. The van der Waals surface area contributed by atoms with Crippen LogP contribution in [0.15, 0.2) is 53.3 Å². The average molecular weight is 346 g/mol. The van der Waals surface area contributed by atoms with Gasteiger partial charge >= 0.3 is 4.87 Å². The van der Waals surface area contributed by atoms with Crippen LogP contribution in [0.5, 0.6) is 0 Å². The minimum absolute atomic E-state index is 0.210. The summed E-state index contributed by atoms with van der Waals surface area (Å²) < 4.78 is 26.6. The number of aromatic amines is 1. The summed E-state index contributed by atoms with van der Waals surface area (Å²) in [4.78, 5) is 17.1. The Morgan fingerprint density at radius 3 is 2.50 bits per heavy atom. The lowest BCUT2D eigenvalue weighted by Gasteiger charge is -2.16. The molecule has 24 heavy (non-hydrogen) atoms. The molecule has 0 atom stereocenters. The minimum Gasteiger partial charge on any atom is -0.312 e. The van der Waals surface area contributed by atoms with Gasteiger partial charge in [-0.2, -0.15) is 0 Å². The van der Waals surface area contributed by atoms with Crippen LogP contribution in [0.25, 0.3) is 11.3 Å². The first-order valence-corrected chi connectivity index (χ1v) is 8.24. The predicted octanol–water partition coefficient (Wildman–Crippen LogP) is 4.01. The van der Waals surface area contributed by atoms with E-state index in [1.54, 1.807) is 0 Å². The van der Waals surface area contributed by atoms with Crippen molar-refractivity contribution in [2.45, 2.75) is 13.1 Å². The molecule has 0 unspecified atom stereocenters. The molecule has 0 aliphatic carbocycles. The van der Waals surface area contributed by atoms with Gasteiger partial charge in [0.1, 0.15) is 0 Å². The van der Waals surface area contributed by atoms with Crippen LogP contribution in [0.3, 0.4) is 0 Å². The molecular weight excluding hydrogens is 330 g/mol. The fourth-order valence-corrected chi connectivity index (χ4v) is 3.49. The highest BCUT2D eigenvalue weighted by Gasteiger charge is 2.14. The molecule has 0 saturated heterocycles. The fraction of sp³-hybridized carbons (Fsp3) is 0.167. The number of rotatable bonds is 5. The van der Waals surface area contributed by atoms with Crippen molar-refractivity contribution < 1.29 is 8.78 Å². The van der Waals surface area contributed by atoms with Crippen molar-refractivity contribution in [3.8, 4) is 11.3 Å². The van der Waals surface area contributed by atoms with E-state index in [9.17, 15) is 13.6 Å². The van der Waals surface area contributed by atoms with Gasteiger partial charge in [0.25, 0.3) is 0 Å². The van der Waals surface area contributed by atoms with E-state index in [4.69, 9.17) is 0 Å². The quantitative estimate of drug-likeness (QED) is 0.758. The largest absolute Gasteiger partial charge is 0.312 e. The third-order valence-corrected chi connectivity index (χ3v) is 4.51. The summed E-state index contributed by atoms with van der Waals surface area (Å²) in [5.41, 5.74) is 2.18. The first-order chi connectivity index (χ1) is 11.5. The molecule has 0 radical (unpaired) electrons. The average Bonchev–Trinajstić information content (AvgIpc) is 2.91. The monoisotopic (exact) mass is 346 g/mol. The second kappa shape index (κ2) is 7.07. The molecule has 0 amide bonds. The highest BCUT2D eigenvalue weighted by Crippen LogP contribution is 2.26. The summed E-state index contributed by atoms with van der Waals surface area (Å²) in [6, 6.07) is 13.6. The Hall–Kier alpha value is -2.31. The Morgan fingerprint density at radius 2 is 1.79 bits per heavy atom. The van der Waals surface area contributed by atoms with E-state index in [-0.39, 0.29) is 4.87 Å². The second-order valence-electron chi connectivity index (χ2n) is 5.60. The van der Waals surface area contributed by atoms with Crippen molar-refractivity contribution in [3.63, 3.8) is 0 Å². The molecule has 6 heteroatoms. The topological polar surface area (TPSA) is 36.1 Å². The summed E-state index contributed by atoms with van der Waals surface area (Å²) in [6.45, 7) is 1.26. The van der Waals surface area contributed by atoms with Crippen LogP contribution < -0.4 is 4.87 Å². The van der Waals surface area contributed by atoms with Crippen molar-refractivity contribution in [2.24, 2.45) is 0 Å². The lowest BCUT2D eigenvalue weighted by atomic mass is 10.1. The zero-order valence-electron chi connectivity index (χ0n) is 13.1. The Labute approximate surface area is 142 Å². The highest BCUT2D eigenvalue weighted by molar-refractivity contribution is 7.09. The number of H-pyrrole nitrogens is 1. The van der Waals surface area contributed by atoms with Crippen molar-refractivity contribution in [3.05, 3.63) is 80.3 Å². The third-order valence-electron chi connectivity index (χ3n) is 3.64. The molecule has 1 heterocycles. The summed E-state index contributed by atoms with van der Waals surface area (Å²) in [7, 11) is 1.95. The molecule has 0 spiro atoms. The van der Waals surface area contributed by atoms with E-state index < -0.39 is 11.6 Å². The van der Waals surface area contributed by atoms with Crippen LogP contribution in [-0.2, 0) is 13.1 Å². The van der Waals surface area contributed by atoms with E-state index in [1.165, 1.54) is 6.07 Å². The van der Waals surface area contributed by atoms with E-state index in [0.29, 0.717) is 17.8 Å². The van der Waals surface area contributed by atoms with Gasteiger partial charge in [-0.05, 0) is 30.8 Å². The molecular formula is C18H16F2N2OS. The van der Waals surface area contributed by atoms with Gasteiger partial charge in [-0.3, -0.25) is 9.69 Å². The molecule has 0 bridgehead atoms. The number of hydrogen-bond acceptors (Lipinski definition) is 3. The molecule has 3 aromatic rings. The Kier molecular flexibility index (Phi) is 4.87. The second-order valence-corrected chi connectivity index (χ2v) is 6.67. The minimum atomic E-state index is -0.928. The number of benzene rings is 2. The maximum Gasteiger partial charge on any atom is 0.305 e. The molecule has 0 saturated carbocycles. The van der Waals surface area contributed by atoms with Crippen LogP contribution in [0, 0.1) is 11.6 Å². The van der Waals surface area contributed by atoms with Crippen LogP contribution in [-0.4, -0.2) is 16.9 Å². The van der Waals surface area contributed by atoms with E-state index in [1.807, 2.05) is 37.4 Å². The van der Waals surface area contributed by atoms with Crippen LogP contribution in [0.4, 0.5) is 8.78 Å². The molecule has 3 nitrogen and oxygen atoms in total. The van der Waals surface area contributed by atoms with E-state index >= 15 is 0 Å². The lowest BCUT2D eigenvalue weighted by Crippen LogP contribution is -2.17. The number of hydrogen-bond donors (Lipinski definition) is 1. The Balaban J connectivity index is 1.83. The summed E-state index contributed by atoms with van der Waals surface area (Å²) in [5, 5.41) is 0. The van der Waals surface area contributed by atoms with Gasteiger partial charge in [0.15, 0.2) is 11.6 Å². The molecule has 3 rings (SSSR count). The highest BCUT2D eigenvalue weighted by atomic mass is 32.1. The molecule has 124 valence electrons. The van der Waals surface area contributed by atoms with Crippen molar-refractivity contribution in [1.29, 1.82) is 0 Å². The number of nitrogens with one attached hydrogen (secondary N) is 1. The fourth-order valence-electron chi connectivity index (χ4n) is 2.55. The zero-order chi connectivity index (χ0) is 17.1. The smallest absolute Gasteiger partial charge is 0.305 e.